The summed E-state index contributed by atoms with van der Waals surface area (Å²) in [6.07, 6.45) is 7.88. The fourth-order valence-electron chi connectivity index (χ4n) is 5.46. The van der Waals surface area contributed by atoms with Gasteiger partial charge in [0.2, 0.25) is 10.0 Å². The number of nitrogens with two attached hydrogens (primary N) is 1. The molecule has 0 aliphatic heterocycles. The summed E-state index contributed by atoms with van der Waals surface area (Å²) in [7, 11) is -3.73. The first-order chi connectivity index (χ1) is 10.8. The number of nitrogens with one attached hydrogen (secondary N) is 1. The molecule has 7 heteroatoms. The van der Waals surface area contributed by atoms with E-state index in [2.05, 4.69) is 5.32 Å². The third-order valence-corrected chi connectivity index (χ3v) is 8.29. The van der Waals surface area contributed by atoms with Crippen molar-refractivity contribution in [2.24, 2.45) is 28.3 Å². The SMILES string of the molecule is NS(=O)(=O)c1cc(C(=O)NCC23CC4CC(CC(C4)C2)C3)cs1. The van der Waals surface area contributed by atoms with E-state index in [1.807, 2.05) is 0 Å². The summed E-state index contributed by atoms with van der Waals surface area (Å²) in [5.74, 6) is 2.38. The predicted molar refractivity (Wildman–Crippen MR) is 88.6 cm³/mol. The minimum absolute atomic E-state index is 0.0393. The molecule has 0 saturated heterocycles. The third-order valence-electron chi connectivity index (χ3n) is 5.91. The van der Waals surface area contributed by atoms with Crippen molar-refractivity contribution >= 4 is 27.3 Å². The minimum Gasteiger partial charge on any atom is -0.351 e. The van der Waals surface area contributed by atoms with E-state index in [1.165, 1.54) is 44.6 Å². The van der Waals surface area contributed by atoms with Crippen LogP contribution in [0.2, 0.25) is 0 Å². The van der Waals surface area contributed by atoms with Gasteiger partial charge in [0.1, 0.15) is 4.21 Å². The number of hydrogen-bond donors (Lipinski definition) is 2. The number of carbonyl (C=O) groups excluding carboxylic acids is 1. The molecule has 23 heavy (non-hydrogen) atoms. The highest BCUT2D eigenvalue weighted by atomic mass is 32.2. The lowest BCUT2D eigenvalue weighted by atomic mass is 9.49. The van der Waals surface area contributed by atoms with E-state index in [4.69, 9.17) is 5.14 Å². The molecule has 0 aromatic carbocycles. The fraction of sp³-hybridized carbons (Fsp3) is 0.688. The molecular formula is C16H22N2O3S2. The summed E-state index contributed by atoms with van der Waals surface area (Å²) in [6, 6.07) is 1.37. The van der Waals surface area contributed by atoms with Crippen molar-refractivity contribution in [2.45, 2.75) is 42.7 Å². The molecule has 4 saturated carbocycles. The zero-order chi connectivity index (χ0) is 16.2. The molecule has 4 aliphatic carbocycles. The van der Waals surface area contributed by atoms with Crippen LogP contribution in [0.3, 0.4) is 0 Å². The molecule has 0 radical (unpaired) electrons. The van der Waals surface area contributed by atoms with Gasteiger partial charge in [-0.25, -0.2) is 13.6 Å². The van der Waals surface area contributed by atoms with Crippen LogP contribution in [0.1, 0.15) is 48.9 Å². The average Bonchev–Trinajstić information content (AvgIpc) is 2.93. The van der Waals surface area contributed by atoms with Gasteiger partial charge in [0.15, 0.2) is 0 Å². The monoisotopic (exact) mass is 354 g/mol. The summed E-state index contributed by atoms with van der Waals surface area (Å²) in [6.45, 7) is 0.718. The quantitative estimate of drug-likeness (QED) is 0.870. The third kappa shape index (κ3) is 2.94. The Hall–Kier alpha value is -0.920. The Kier molecular flexibility index (Phi) is 3.59. The number of rotatable bonds is 4. The van der Waals surface area contributed by atoms with Gasteiger partial charge >= 0.3 is 0 Å². The van der Waals surface area contributed by atoms with Gasteiger partial charge < -0.3 is 5.32 Å². The van der Waals surface area contributed by atoms with Crippen molar-refractivity contribution in [2.75, 3.05) is 6.54 Å². The molecule has 0 atom stereocenters. The zero-order valence-electron chi connectivity index (χ0n) is 13.0. The molecule has 0 unspecified atom stereocenters. The lowest BCUT2D eigenvalue weighted by molar-refractivity contribution is -0.0503. The molecule has 4 aliphatic rings. The van der Waals surface area contributed by atoms with Crippen molar-refractivity contribution in [3.05, 3.63) is 17.0 Å². The smallest absolute Gasteiger partial charge is 0.252 e. The Morgan fingerprint density at radius 2 is 1.78 bits per heavy atom. The summed E-state index contributed by atoms with van der Waals surface area (Å²) in [5, 5.41) is 9.71. The second-order valence-electron chi connectivity index (χ2n) is 7.80. The van der Waals surface area contributed by atoms with Gasteiger partial charge in [-0.1, -0.05) is 0 Å². The number of primary sulfonamides is 1. The lowest BCUT2D eigenvalue weighted by Gasteiger charge is -2.56. The van der Waals surface area contributed by atoms with Gasteiger partial charge in [-0.05, 0) is 67.8 Å². The zero-order valence-corrected chi connectivity index (χ0v) is 14.6. The van der Waals surface area contributed by atoms with Gasteiger partial charge in [0, 0.05) is 11.9 Å². The predicted octanol–water partition coefficient (Wildman–Crippen LogP) is 2.34. The van der Waals surface area contributed by atoms with Crippen molar-refractivity contribution < 1.29 is 13.2 Å². The molecule has 4 bridgehead atoms. The second kappa shape index (κ2) is 5.29. The molecule has 126 valence electrons. The van der Waals surface area contributed by atoms with Crippen LogP contribution >= 0.6 is 11.3 Å². The van der Waals surface area contributed by atoms with Gasteiger partial charge in [-0.3, -0.25) is 4.79 Å². The van der Waals surface area contributed by atoms with Crippen LogP contribution < -0.4 is 10.5 Å². The number of sulfonamides is 1. The molecule has 4 fully saturated rings. The molecule has 5 rings (SSSR count). The van der Waals surface area contributed by atoms with E-state index in [9.17, 15) is 13.2 Å². The highest BCUT2D eigenvalue weighted by Crippen LogP contribution is 2.59. The first-order valence-corrected chi connectivity index (χ1v) is 10.7. The normalized spacial score (nSPS) is 35.4. The maximum absolute atomic E-state index is 12.3. The number of thiophene rings is 1. The molecule has 3 N–H and O–H groups in total. The topological polar surface area (TPSA) is 89.3 Å². The largest absolute Gasteiger partial charge is 0.351 e. The molecule has 1 aromatic rings. The fourth-order valence-corrected chi connectivity index (χ4v) is 7.05. The van der Waals surface area contributed by atoms with Gasteiger partial charge in [-0.15, -0.1) is 11.3 Å². The second-order valence-corrected chi connectivity index (χ2v) is 10.5. The molecule has 1 amide bonds. The number of hydrogen-bond acceptors (Lipinski definition) is 4. The van der Waals surface area contributed by atoms with Crippen molar-refractivity contribution in [1.82, 2.24) is 5.32 Å². The maximum atomic E-state index is 12.3. The first kappa shape index (κ1) is 15.6. The van der Waals surface area contributed by atoms with Gasteiger partial charge in [0.05, 0.1) is 5.56 Å². The van der Waals surface area contributed by atoms with E-state index >= 15 is 0 Å². The summed E-state index contributed by atoms with van der Waals surface area (Å²) >= 11 is 0.996. The lowest BCUT2D eigenvalue weighted by Crippen LogP contribution is -2.51. The van der Waals surface area contributed by atoms with Crippen LogP contribution in [0.4, 0.5) is 0 Å². The van der Waals surface area contributed by atoms with Crippen LogP contribution in [-0.2, 0) is 10.0 Å². The van der Waals surface area contributed by atoms with Crippen LogP contribution in [0.15, 0.2) is 15.7 Å². The van der Waals surface area contributed by atoms with E-state index in [0.717, 1.165) is 35.6 Å². The van der Waals surface area contributed by atoms with Crippen molar-refractivity contribution in [1.29, 1.82) is 0 Å². The Bertz CT molecular complexity index is 703. The summed E-state index contributed by atoms with van der Waals surface area (Å²) in [5.41, 5.74) is 0.673. The van der Waals surface area contributed by atoms with E-state index in [-0.39, 0.29) is 15.5 Å². The van der Waals surface area contributed by atoms with E-state index in [1.54, 1.807) is 5.38 Å². The molecule has 1 aromatic heterocycles. The van der Waals surface area contributed by atoms with Crippen molar-refractivity contribution in [3.63, 3.8) is 0 Å². The van der Waals surface area contributed by atoms with Crippen molar-refractivity contribution in [3.8, 4) is 0 Å². The van der Waals surface area contributed by atoms with Crippen LogP contribution in [0.5, 0.6) is 0 Å². The first-order valence-electron chi connectivity index (χ1n) is 8.23. The number of amides is 1. The molecular weight excluding hydrogens is 332 g/mol. The summed E-state index contributed by atoms with van der Waals surface area (Å²) < 4.78 is 22.7. The maximum Gasteiger partial charge on any atom is 0.252 e. The Balaban J connectivity index is 1.43. The Morgan fingerprint density at radius 3 is 2.26 bits per heavy atom. The highest BCUT2D eigenvalue weighted by Gasteiger charge is 2.50. The molecule has 1 heterocycles. The Labute approximate surface area is 140 Å². The Morgan fingerprint density at radius 1 is 1.22 bits per heavy atom. The number of carbonyl (C=O) groups is 1. The van der Waals surface area contributed by atoms with Crippen LogP contribution in [0.25, 0.3) is 0 Å². The highest BCUT2D eigenvalue weighted by molar-refractivity contribution is 7.91. The molecule has 5 nitrogen and oxygen atoms in total. The molecule has 0 spiro atoms. The minimum atomic E-state index is -3.73. The van der Waals surface area contributed by atoms with Gasteiger partial charge in [0.25, 0.3) is 5.91 Å². The van der Waals surface area contributed by atoms with E-state index < -0.39 is 10.0 Å². The average molecular weight is 354 g/mol. The van der Waals surface area contributed by atoms with Crippen LogP contribution in [0, 0.1) is 23.2 Å². The standard InChI is InChI=1S/C16H22N2O3S2/c17-23(20,21)14-4-13(8-22-14)15(19)18-9-16-5-10-1-11(6-16)3-12(2-10)7-16/h4,8,10-12H,1-3,5-7,9H2,(H,18,19)(H2,17,20,21). The van der Waals surface area contributed by atoms with Crippen LogP contribution in [-0.4, -0.2) is 20.9 Å². The summed E-state index contributed by atoms with van der Waals surface area (Å²) in [4.78, 5) is 12.3. The van der Waals surface area contributed by atoms with E-state index in [0.29, 0.717) is 5.56 Å². The van der Waals surface area contributed by atoms with Gasteiger partial charge in [-0.2, -0.15) is 0 Å².